The van der Waals surface area contributed by atoms with Gasteiger partial charge in [0, 0.05) is 48.5 Å². The number of rotatable bonds is 10. The number of hydrogen-bond donors (Lipinski definition) is 2. The molecule has 49 heavy (non-hydrogen) atoms. The summed E-state index contributed by atoms with van der Waals surface area (Å²) in [4.78, 5) is 37.7. The highest BCUT2D eigenvalue weighted by atomic mass is 35.5. The molecule has 0 aliphatic rings. The van der Waals surface area contributed by atoms with E-state index in [1.165, 1.54) is 41.7 Å². The minimum absolute atomic E-state index is 0.0688. The summed E-state index contributed by atoms with van der Waals surface area (Å²) in [5, 5.41) is 34.4. The Kier molecular flexibility index (Phi) is 13.2. The normalized spacial score (nSPS) is 10.7. The summed E-state index contributed by atoms with van der Waals surface area (Å²) in [5.41, 5.74) is 10.7. The zero-order chi connectivity index (χ0) is 35.5. The predicted molar refractivity (Wildman–Crippen MR) is 190 cm³/mol. The molecule has 0 amide bonds. The molecular weight excluding hydrogens is 692 g/mol. The summed E-state index contributed by atoms with van der Waals surface area (Å²) in [6, 6.07) is 12.8. The SMILES string of the molecule is CCc1cnn2c(Cl)nc(SC)nc12.CCc1cnn2c(NCc3cccc([N+](=O)[O-])c3)nc(SC)nc12.NCc1cccc([N+](=O)[O-])c1. The van der Waals surface area contributed by atoms with Crippen LogP contribution in [0.4, 0.5) is 17.3 Å². The summed E-state index contributed by atoms with van der Waals surface area (Å²) in [6.07, 6.45) is 9.12. The second kappa shape index (κ2) is 17.5. The summed E-state index contributed by atoms with van der Waals surface area (Å²) < 4.78 is 3.22. The predicted octanol–water partition coefficient (Wildman–Crippen LogP) is 6.04. The van der Waals surface area contributed by atoms with Gasteiger partial charge in [-0.1, -0.05) is 61.6 Å². The van der Waals surface area contributed by atoms with Crippen LogP contribution in [0.2, 0.25) is 5.28 Å². The van der Waals surface area contributed by atoms with Crippen LogP contribution in [0.3, 0.4) is 0 Å². The van der Waals surface area contributed by atoms with E-state index in [-0.39, 0.29) is 11.4 Å². The molecule has 0 unspecified atom stereocenters. The molecule has 4 heterocycles. The van der Waals surface area contributed by atoms with E-state index in [0.717, 1.165) is 46.4 Å². The third kappa shape index (κ3) is 9.38. The van der Waals surface area contributed by atoms with Crippen molar-refractivity contribution in [3.8, 4) is 0 Å². The Morgan fingerprint density at radius 1 is 0.796 bits per heavy atom. The first kappa shape index (κ1) is 36.9. The van der Waals surface area contributed by atoms with E-state index in [1.54, 1.807) is 45.7 Å². The van der Waals surface area contributed by atoms with Crippen LogP contribution in [0.25, 0.3) is 11.3 Å². The van der Waals surface area contributed by atoms with E-state index in [2.05, 4.69) is 42.4 Å². The maximum Gasteiger partial charge on any atom is 0.269 e. The Balaban J connectivity index is 0.000000183. The zero-order valence-electron chi connectivity index (χ0n) is 27.0. The Morgan fingerprint density at radius 3 is 1.84 bits per heavy atom. The van der Waals surface area contributed by atoms with Crippen molar-refractivity contribution in [1.82, 2.24) is 39.2 Å². The molecule has 6 aromatic rings. The molecule has 0 atom stereocenters. The molecule has 256 valence electrons. The Hall–Kier alpha value is -4.91. The highest BCUT2D eigenvalue weighted by Gasteiger charge is 2.13. The van der Waals surface area contributed by atoms with Crippen molar-refractivity contribution in [2.75, 3.05) is 17.8 Å². The van der Waals surface area contributed by atoms with Crippen molar-refractivity contribution in [2.45, 2.75) is 50.1 Å². The molecule has 0 radical (unpaired) electrons. The van der Waals surface area contributed by atoms with Gasteiger partial charge < -0.3 is 11.1 Å². The molecule has 0 spiro atoms. The highest BCUT2D eigenvalue weighted by Crippen LogP contribution is 2.20. The van der Waals surface area contributed by atoms with Crippen molar-refractivity contribution in [2.24, 2.45) is 5.73 Å². The molecule has 6 rings (SSSR count). The van der Waals surface area contributed by atoms with Gasteiger partial charge >= 0.3 is 0 Å². The van der Waals surface area contributed by atoms with Crippen LogP contribution < -0.4 is 11.1 Å². The largest absolute Gasteiger partial charge is 0.350 e. The second-order valence-electron chi connectivity index (χ2n) is 9.94. The van der Waals surface area contributed by atoms with Gasteiger partial charge in [-0.25, -0.2) is 9.97 Å². The molecule has 2 aromatic carbocycles. The van der Waals surface area contributed by atoms with E-state index >= 15 is 0 Å². The lowest BCUT2D eigenvalue weighted by molar-refractivity contribution is -0.385. The summed E-state index contributed by atoms with van der Waals surface area (Å²) in [5.74, 6) is 0.565. The lowest BCUT2D eigenvalue weighted by Gasteiger charge is -2.09. The summed E-state index contributed by atoms with van der Waals surface area (Å²) >= 11 is 8.88. The van der Waals surface area contributed by atoms with Crippen molar-refractivity contribution in [3.05, 3.63) is 109 Å². The Labute approximate surface area is 294 Å². The van der Waals surface area contributed by atoms with Crippen LogP contribution in [0.5, 0.6) is 0 Å². The van der Waals surface area contributed by atoms with Crippen LogP contribution in [-0.4, -0.2) is 61.5 Å². The van der Waals surface area contributed by atoms with E-state index in [4.69, 9.17) is 17.3 Å². The molecule has 0 saturated heterocycles. The lowest BCUT2D eigenvalue weighted by Crippen LogP contribution is -2.09. The Bertz CT molecular complexity index is 2070. The standard InChI is InChI=1S/C15H16N6O2S.C8H9ClN4S.C7H8N2O2/c1-3-11-9-17-20-13(11)18-15(24-2)19-14(20)16-8-10-5-4-6-12(7-10)21(22)23;1-3-5-4-10-13-6(5)11-8(14-2)12-7(13)9;8-5-6-2-1-3-7(4-6)9(10)11/h4-7,9H,3,8H2,1-2H3,(H,16,18,19);4H,3H2,1-2H3;1-4H,5,8H2. The summed E-state index contributed by atoms with van der Waals surface area (Å²) in [6.45, 7) is 4.85. The number of nitrogens with one attached hydrogen (secondary N) is 1. The highest BCUT2D eigenvalue weighted by molar-refractivity contribution is 7.98. The molecular formula is C30H33ClN12O4S2. The van der Waals surface area contributed by atoms with Gasteiger partial charge in [0.1, 0.15) is 0 Å². The number of thioether (sulfide) groups is 2. The van der Waals surface area contributed by atoms with Gasteiger partial charge in [-0.2, -0.15) is 29.2 Å². The fraction of sp³-hybridized carbons (Fsp3) is 0.267. The smallest absolute Gasteiger partial charge is 0.269 e. The number of non-ortho nitro benzene ring substituents is 2. The van der Waals surface area contributed by atoms with Crippen LogP contribution in [0.15, 0.2) is 71.2 Å². The first-order chi connectivity index (χ1) is 23.6. The number of fused-ring (bicyclic) bond motifs is 2. The number of hydrogen-bond acceptors (Lipinski definition) is 14. The van der Waals surface area contributed by atoms with Gasteiger partial charge in [0.25, 0.3) is 11.4 Å². The monoisotopic (exact) mass is 724 g/mol. The number of nitro benzene ring substituents is 2. The lowest BCUT2D eigenvalue weighted by atomic mass is 10.2. The van der Waals surface area contributed by atoms with Crippen LogP contribution in [0.1, 0.15) is 36.1 Å². The maximum atomic E-state index is 10.9. The number of aryl methyl sites for hydroxylation is 2. The molecule has 0 fully saturated rings. The molecule has 0 aliphatic carbocycles. The zero-order valence-corrected chi connectivity index (χ0v) is 29.4. The van der Waals surface area contributed by atoms with E-state index in [9.17, 15) is 20.2 Å². The summed E-state index contributed by atoms with van der Waals surface area (Å²) in [7, 11) is 0. The van der Waals surface area contributed by atoms with Crippen molar-refractivity contribution >= 4 is 63.7 Å². The fourth-order valence-electron chi connectivity index (χ4n) is 4.33. The second-order valence-corrected chi connectivity index (χ2v) is 11.8. The average molecular weight is 725 g/mol. The number of nitro groups is 2. The third-order valence-electron chi connectivity index (χ3n) is 6.86. The number of anilines is 1. The van der Waals surface area contributed by atoms with Crippen molar-refractivity contribution < 1.29 is 9.85 Å². The minimum atomic E-state index is -0.431. The van der Waals surface area contributed by atoms with Crippen molar-refractivity contribution in [1.29, 1.82) is 0 Å². The van der Waals surface area contributed by atoms with E-state index < -0.39 is 9.85 Å². The van der Waals surface area contributed by atoms with Gasteiger partial charge in [-0.15, -0.1) is 0 Å². The fourth-order valence-corrected chi connectivity index (χ4v) is 5.29. The molecule has 0 saturated carbocycles. The molecule has 4 aromatic heterocycles. The van der Waals surface area contributed by atoms with Gasteiger partial charge in [0.2, 0.25) is 11.2 Å². The van der Waals surface area contributed by atoms with Gasteiger partial charge in [-0.05, 0) is 48.1 Å². The molecule has 19 heteroatoms. The molecule has 0 aliphatic heterocycles. The molecule has 0 bridgehead atoms. The topological polar surface area (TPSA) is 210 Å². The third-order valence-corrected chi connectivity index (χ3v) is 8.20. The number of benzene rings is 2. The molecule has 16 nitrogen and oxygen atoms in total. The minimum Gasteiger partial charge on any atom is -0.350 e. The van der Waals surface area contributed by atoms with Gasteiger partial charge in [0.05, 0.1) is 22.2 Å². The number of nitrogens with two attached hydrogens (primary N) is 1. The quantitative estimate of drug-likeness (QED) is 0.0937. The van der Waals surface area contributed by atoms with Crippen LogP contribution >= 0.6 is 35.1 Å². The van der Waals surface area contributed by atoms with Crippen molar-refractivity contribution in [3.63, 3.8) is 0 Å². The Morgan fingerprint density at radius 2 is 1.31 bits per heavy atom. The van der Waals surface area contributed by atoms with Crippen LogP contribution in [-0.2, 0) is 25.9 Å². The van der Waals surface area contributed by atoms with Gasteiger partial charge in [-0.3, -0.25) is 20.2 Å². The van der Waals surface area contributed by atoms with E-state index in [0.29, 0.717) is 34.6 Å². The number of halogens is 1. The maximum absolute atomic E-state index is 10.9. The average Bonchev–Trinajstić information content (AvgIpc) is 3.75. The first-order valence-corrected chi connectivity index (χ1v) is 17.6. The number of nitrogens with zero attached hydrogens (tertiary/aromatic N) is 10. The first-order valence-electron chi connectivity index (χ1n) is 14.8. The van der Waals surface area contributed by atoms with Crippen LogP contribution in [0, 0.1) is 20.2 Å². The van der Waals surface area contributed by atoms with E-state index in [1.807, 2.05) is 25.5 Å². The number of aromatic nitrogens is 8. The van der Waals surface area contributed by atoms with Gasteiger partial charge in [0.15, 0.2) is 21.6 Å². The molecule has 3 N–H and O–H groups in total.